The quantitative estimate of drug-likeness (QED) is 0.360. The maximum atomic E-state index is 10.8. The lowest BCUT2D eigenvalue weighted by Crippen LogP contribution is -2.04. The van der Waals surface area contributed by atoms with E-state index in [1.165, 1.54) is 0 Å². The lowest BCUT2D eigenvalue weighted by Gasteiger charge is -1.96. The van der Waals surface area contributed by atoms with Crippen LogP contribution in [0.4, 0.5) is 0 Å². The molecule has 0 aliphatic heterocycles. The molecule has 0 rings (SSSR count). The van der Waals surface area contributed by atoms with E-state index in [1.54, 1.807) is 6.92 Å². The topological polar surface area (TPSA) is 76.1 Å². The zero-order valence-corrected chi connectivity index (χ0v) is 6.26. The first-order valence-electron chi connectivity index (χ1n) is 3.60. The molecule has 0 fully saturated rings. The zero-order valence-electron chi connectivity index (χ0n) is 7.26. The molecule has 0 heterocycles. The van der Waals surface area contributed by atoms with Crippen molar-refractivity contribution in [2.75, 3.05) is 6.61 Å². The molecule has 0 aromatic carbocycles. The van der Waals surface area contributed by atoms with Crippen LogP contribution in [-0.2, 0) is 9.53 Å². The number of ether oxygens (including phenoxy) is 1. The summed E-state index contributed by atoms with van der Waals surface area (Å²) in [5.41, 5.74) is 2.43. The van der Waals surface area contributed by atoms with Gasteiger partial charge in [-0.2, -0.15) is 5.26 Å². The summed E-state index contributed by atoms with van der Waals surface area (Å²) in [4.78, 5) is 10.8. The van der Waals surface area contributed by atoms with E-state index < -0.39 is 5.97 Å². The van der Waals surface area contributed by atoms with Gasteiger partial charge in [-0.15, -0.1) is 0 Å². The first kappa shape index (κ1) is 7.61. The summed E-state index contributed by atoms with van der Waals surface area (Å²) in [7, 11) is 0. The number of esters is 1. The van der Waals surface area contributed by atoms with Gasteiger partial charge in [0.2, 0.25) is 0 Å². The van der Waals surface area contributed by atoms with Gasteiger partial charge in [-0.3, -0.25) is 0 Å². The number of nitrogens with zero attached hydrogens (tertiary/aromatic N) is 1. The van der Waals surface area contributed by atoms with Gasteiger partial charge >= 0.3 is 5.97 Å². The van der Waals surface area contributed by atoms with Gasteiger partial charge in [-0.1, -0.05) is 0 Å². The van der Waals surface area contributed by atoms with Crippen LogP contribution in [0.3, 0.4) is 0 Å². The van der Waals surface area contributed by atoms with Gasteiger partial charge in [-0.25, -0.2) is 4.79 Å². The van der Waals surface area contributed by atoms with Crippen molar-refractivity contribution in [2.45, 2.75) is 13.3 Å². The average Bonchev–Trinajstić information content (AvgIpc) is 2.05. The average molecular weight is 155 g/mol. The normalized spacial score (nSPS) is 11.3. The molecule has 0 aliphatic rings. The van der Waals surface area contributed by atoms with Crippen LogP contribution in [0.5, 0.6) is 0 Å². The van der Waals surface area contributed by atoms with E-state index in [2.05, 4.69) is 4.74 Å². The fourth-order valence-corrected chi connectivity index (χ4v) is 0.416. The summed E-state index contributed by atoms with van der Waals surface area (Å²) in [5.74, 6) is -0.539. The lowest BCUT2D eigenvalue weighted by molar-refractivity contribution is -0.137. The summed E-state index contributed by atoms with van der Waals surface area (Å²) in [5, 5.41) is 8.11. The smallest absolute Gasteiger partial charge is 0.332 e. The molecule has 0 saturated carbocycles. The zero-order chi connectivity index (χ0) is 9.40. The van der Waals surface area contributed by atoms with Gasteiger partial charge in [-0.05, 0) is 6.92 Å². The molecule has 0 radical (unpaired) electrons. The third-order valence-corrected chi connectivity index (χ3v) is 0.793. The van der Waals surface area contributed by atoms with Crippen molar-refractivity contribution < 1.29 is 10.9 Å². The Bertz CT molecular complexity index is 220. The molecule has 0 aromatic heterocycles. The Morgan fingerprint density at radius 3 is 3.27 bits per heavy atom. The Morgan fingerprint density at radius 1 is 2.00 bits per heavy atom. The van der Waals surface area contributed by atoms with Crippen molar-refractivity contribution in [1.82, 2.24) is 0 Å². The fraction of sp³-hybridized carbons (Fsp3) is 0.429. The molecule has 2 N–H and O–H groups in total. The van der Waals surface area contributed by atoms with E-state index in [0.29, 0.717) is 5.70 Å². The molecule has 4 heteroatoms. The molecular weight excluding hydrogens is 144 g/mol. The van der Waals surface area contributed by atoms with Crippen LogP contribution >= 0.6 is 0 Å². The van der Waals surface area contributed by atoms with Crippen LogP contribution in [0.2, 0.25) is 1.41 Å². The molecule has 0 aromatic rings. The summed E-state index contributed by atoms with van der Waals surface area (Å²) in [6.07, 6.45) is 1.34. The number of allylic oxidation sites excluding steroid dienone is 1. The van der Waals surface area contributed by atoms with Crippen molar-refractivity contribution in [2.24, 2.45) is 5.73 Å². The van der Waals surface area contributed by atoms with Gasteiger partial charge in [0.05, 0.1) is 12.5 Å². The van der Waals surface area contributed by atoms with Crippen molar-refractivity contribution >= 4 is 5.97 Å². The van der Waals surface area contributed by atoms with Crippen LogP contribution in [0.15, 0.2) is 11.8 Å². The monoisotopic (exact) mass is 155 g/mol. The Labute approximate surface area is 66.7 Å². The standard InChI is InChI=1S/C7H10N2O2/c1-6(9)5-7(10)11-4-2-3-8/h5H,2,4,9H2,1H3/b6-5-/i/hD. The van der Waals surface area contributed by atoms with Gasteiger partial charge in [0.1, 0.15) is 6.61 Å². The maximum absolute atomic E-state index is 10.8. The number of nitriles is 1. The minimum absolute atomic E-state index is 0.0944. The minimum atomic E-state index is -0.539. The Morgan fingerprint density at radius 2 is 2.73 bits per heavy atom. The number of carbonyl (C=O) groups is 1. The van der Waals surface area contributed by atoms with Crippen molar-refractivity contribution in [3.8, 4) is 6.07 Å². The fourth-order valence-electron chi connectivity index (χ4n) is 0.416. The second-order valence-corrected chi connectivity index (χ2v) is 1.90. The molecule has 4 nitrogen and oxygen atoms in total. The third kappa shape index (κ3) is 6.38. The Balaban J connectivity index is 3.68. The van der Waals surface area contributed by atoms with E-state index in [0.717, 1.165) is 6.08 Å². The molecule has 0 spiro atoms. The van der Waals surface area contributed by atoms with Crippen LogP contribution < -0.4 is 5.73 Å². The van der Waals surface area contributed by atoms with Crippen LogP contribution in [0, 0.1) is 11.3 Å². The largest absolute Gasteiger partial charge is 0.461 e. The number of hydrogen-bond acceptors (Lipinski definition) is 4. The predicted molar refractivity (Wildman–Crippen MR) is 39.1 cm³/mol. The Kier molecular flexibility index (Phi) is 3.66. The number of hydrogen-bond donors (Lipinski definition) is 1. The van der Waals surface area contributed by atoms with Crippen molar-refractivity contribution in [1.29, 1.82) is 5.26 Å². The van der Waals surface area contributed by atoms with Gasteiger partial charge in [0.15, 0.2) is 1.41 Å². The lowest BCUT2D eigenvalue weighted by atomic mass is 10.4. The third-order valence-electron chi connectivity index (χ3n) is 0.793. The highest BCUT2D eigenvalue weighted by atomic mass is 16.5. The van der Waals surface area contributed by atoms with Crippen molar-refractivity contribution in [3.63, 3.8) is 0 Å². The molecule has 0 amide bonds. The van der Waals surface area contributed by atoms with E-state index >= 15 is 0 Å². The first-order chi connectivity index (χ1) is 5.70. The molecule has 0 bridgehead atoms. The summed E-state index contributed by atoms with van der Waals surface area (Å²) in [6, 6.07) is 1.84. The second kappa shape index (κ2) is 5.30. The van der Waals surface area contributed by atoms with Crippen molar-refractivity contribution in [3.05, 3.63) is 11.8 Å². The molecular formula is C7H10N2O2. The van der Waals surface area contributed by atoms with E-state index in [4.69, 9.17) is 6.67 Å². The highest BCUT2D eigenvalue weighted by molar-refractivity contribution is 5.82. The summed E-state index contributed by atoms with van der Waals surface area (Å²) >= 11 is 0. The first-order valence-corrected chi connectivity index (χ1v) is 3.10. The van der Waals surface area contributed by atoms with E-state index in [-0.39, 0.29) is 13.0 Å². The van der Waals surface area contributed by atoms with E-state index in [9.17, 15) is 4.79 Å². The highest BCUT2D eigenvalue weighted by Crippen LogP contribution is 1.86. The van der Waals surface area contributed by atoms with Crippen LogP contribution in [0.1, 0.15) is 13.3 Å². The minimum Gasteiger partial charge on any atom is -0.461 e. The number of carbonyl (C=O) groups excluding carboxylic acids is 1. The van der Waals surface area contributed by atoms with Gasteiger partial charge < -0.3 is 10.5 Å². The predicted octanol–water partition coefficient (Wildman–Crippen LogP) is 0.306. The molecule has 0 aliphatic carbocycles. The second-order valence-electron chi connectivity index (χ2n) is 1.90. The van der Waals surface area contributed by atoms with Gasteiger partial charge in [0, 0.05) is 11.8 Å². The molecule has 0 saturated heterocycles. The maximum Gasteiger partial charge on any atom is 0.332 e. The van der Waals surface area contributed by atoms with E-state index in [1.807, 2.05) is 11.8 Å². The number of rotatable bonds is 4. The van der Waals surface area contributed by atoms with Crippen LogP contribution in [-0.4, -0.2) is 12.6 Å². The SMILES string of the molecule is [2H]N/C(C)=C\C(=O)OCCC#N. The Hall–Kier alpha value is -1.50. The molecule has 60 valence electrons. The molecule has 0 atom stereocenters. The molecule has 11 heavy (non-hydrogen) atoms. The number of nitrogens with two attached hydrogens (primary N) is 1. The van der Waals surface area contributed by atoms with Crippen LogP contribution in [0.25, 0.3) is 0 Å². The van der Waals surface area contributed by atoms with Gasteiger partial charge in [0.25, 0.3) is 0 Å². The molecule has 0 unspecified atom stereocenters. The highest BCUT2D eigenvalue weighted by Gasteiger charge is 1.95. The summed E-state index contributed by atoms with van der Waals surface area (Å²) in [6.45, 7) is 1.66. The summed E-state index contributed by atoms with van der Waals surface area (Å²) < 4.78 is 11.2.